The minimum Gasteiger partial charge on any atom is -0.477 e. The van der Waals surface area contributed by atoms with Gasteiger partial charge in [0.15, 0.2) is 5.56 Å². The molecule has 0 unspecified atom stereocenters. The largest absolute Gasteiger partial charge is 0.477 e. The number of H-pyrrole nitrogens is 1. The molecule has 0 aliphatic heterocycles. The van der Waals surface area contributed by atoms with Crippen LogP contribution in [0.5, 0.6) is 5.88 Å². The van der Waals surface area contributed by atoms with Crippen molar-refractivity contribution in [1.82, 2.24) is 30.0 Å². The van der Waals surface area contributed by atoms with Gasteiger partial charge in [-0.3, -0.25) is 14.3 Å². The molecular formula is C21H28N7O4+. The first kappa shape index (κ1) is 21.6. The summed E-state index contributed by atoms with van der Waals surface area (Å²) in [6.07, 6.45) is 3.11. The Bertz CT molecular complexity index is 1260. The normalized spacial score (nSPS) is 13.7. The minimum atomic E-state index is -0.711. The molecule has 1 saturated carbocycles. The topological polar surface area (TPSA) is 137 Å². The van der Waals surface area contributed by atoms with Gasteiger partial charge in [0, 0.05) is 13.1 Å². The number of hydrogen-bond acceptors (Lipinski definition) is 5. The van der Waals surface area contributed by atoms with E-state index in [-0.39, 0.29) is 35.3 Å². The third-order valence-electron chi connectivity index (χ3n) is 5.40. The lowest BCUT2D eigenvalue weighted by Crippen LogP contribution is -2.46. The predicted molar refractivity (Wildman–Crippen MR) is 114 cm³/mol. The molecule has 3 heterocycles. The molecule has 32 heavy (non-hydrogen) atoms. The summed E-state index contributed by atoms with van der Waals surface area (Å²) in [6.45, 7) is 6.30. The molecule has 0 saturated heterocycles. The van der Waals surface area contributed by atoms with E-state index in [1.165, 1.54) is 10.8 Å². The van der Waals surface area contributed by atoms with Crippen molar-refractivity contribution in [1.29, 1.82) is 0 Å². The Balaban J connectivity index is 1.75. The van der Waals surface area contributed by atoms with Gasteiger partial charge in [-0.15, -0.1) is 0 Å². The molecule has 11 heteroatoms. The van der Waals surface area contributed by atoms with Gasteiger partial charge < -0.3 is 15.7 Å². The molecule has 11 nitrogen and oxygen atoms in total. The number of aromatic hydroxyl groups is 1. The van der Waals surface area contributed by atoms with E-state index in [0.717, 1.165) is 28.7 Å². The Hall–Kier alpha value is -3.63. The molecule has 3 aromatic heterocycles. The van der Waals surface area contributed by atoms with Crippen LogP contribution in [0.1, 0.15) is 58.8 Å². The number of fused-ring (bicyclic) bond motifs is 1. The Kier molecular flexibility index (Phi) is 5.49. The number of nitrogens with one attached hydrogen (secondary N) is 3. The standard InChI is InChI=1S/C21H27N7O4/c1-11(2)10-27-19-15(17(29)22-8-14-7-12(3)25-26(14)4)9-23-28(19)21(32)16(20(27)31)18(30)24-13-5-6-13/h7,9,11,13H,5-6,8,10H2,1-4H3,(H3,22,24,29,30,31,32)/p+1. The van der Waals surface area contributed by atoms with Crippen molar-refractivity contribution in [2.75, 3.05) is 0 Å². The van der Waals surface area contributed by atoms with Crippen LogP contribution in [0.15, 0.2) is 17.1 Å². The van der Waals surface area contributed by atoms with Crippen molar-refractivity contribution in [3.63, 3.8) is 0 Å². The van der Waals surface area contributed by atoms with Crippen molar-refractivity contribution < 1.29 is 19.3 Å². The van der Waals surface area contributed by atoms with Gasteiger partial charge in [-0.25, -0.2) is 9.89 Å². The van der Waals surface area contributed by atoms with E-state index >= 15 is 0 Å². The number of rotatable bonds is 7. The summed E-state index contributed by atoms with van der Waals surface area (Å²) >= 11 is 0. The maximum atomic E-state index is 13.0. The maximum Gasteiger partial charge on any atom is 0.378 e. The Morgan fingerprint density at radius 3 is 2.66 bits per heavy atom. The quantitative estimate of drug-likeness (QED) is 0.386. The number of carbonyl (C=O) groups is 2. The van der Waals surface area contributed by atoms with E-state index in [4.69, 9.17) is 0 Å². The van der Waals surface area contributed by atoms with Crippen LogP contribution in [-0.4, -0.2) is 42.4 Å². The molecule has 4 N–H and O–H groups in total. The second-order valence-electron chi connectivity index (χ2n) is 8.69. The molecule has 170 valence electrons. The highest BCUT2D eigenvalue weighted by Gasteiger charge is 2.35. The molecule has 0 radical (unpaired) electrons. The Labute approximate surface area is 184 Å². The number of carbonyl (C=O) groups excluding carboxylic acids is 2. The Morgan fingerprint density at radius 1 is 1.34 bits per heavy atom. The lowest BCUT2D eigenvalue weighted by molar-refractivity contribution is -0.686. The highest BCUT2D eigenvalue weighted by Crippen LogP contribution is 2.20. The molecule has 2 amide bonds. The van der Waals surface area contributed by atoms with E-state index in [1.807, 2.05) is 26.8 Å². The first-order valence-electron chi connectivity index (χ1n) is 10.6. The fraction of sp³-hybridized carbons (Fsp3) is 0.476. The molecule has 4 rings (SSSR count). The van der Waals surface area contributed by atoms with Gasteiger partial charge in [0.2, 0.25) is 5.56 Å². The summed E-state index contributed by atoms with van der Waals surface area (Å²) in [5.74, 6) is -1.41. The molecule has 0 spiro atoms. The molecule has 0 aromatic carbocycles. The van der Waals surface area contributed by atoms with Gasteiger partial charge >= 0.3 is 17.1 Å². The lowest BCUT2D eigenvalue weighted by Gasteiger charge is -2.11. The van der Waals surface area contributed by atoms with Gasteiger partial charge in [-0.2, -0.15) is 9.67 Å². The zero-order chi connectivity index (χ0) is 23.2. The molecule has 1 fully saturated rings. The summed E-state index contributed by atoms with van der Waals surface area (Å²) in [7, 11) is 1.79. The van der Waals surface area contributed by atoms with Crippen LogP contribution in [0.25, 0.3) is 5.65 Å². The van der Waals surface area contributed by atoms with Crippen LogP contribution >= 0.6 is 0 Å². The number of aromatic nitrogens is 5. The summed E-state index contributed by atoms with van der Waals surface area (Å²) < 4.78 is 4.26. The minimum absolute atomic E-state index is 0.0289. The SMILES string of the molecule is Cc1cc(CNC(=O)c2c[nH]n3c(=O)c(C(=O)NC4CC4)c(O)[n+](CC(C)C)c23)n(C)n1. The van der Waals surface area contributed by atoms with Gasteiger partial charge in [0.25, 0.3) is 11.8 Å². The second-order valence-corrected chi connectivity index (χ2v) is 8.69. The third kappa shape index (κ3) is 3.97. The summed E-state index contributed by atoms with van der Waals surface area (Å²) in [5, 5.41) is 23.5. The van der Waals surface area contributed by atoms with Crippen LogP contribution in [0.2, 0.25) is 0 Å². The number of nitrogens with zero attached hydrogens (tertiary/aromatic N) is 4. The van der Waals surface area contributed by atoms with Crippen molar-refractivity contribution in [2.24, 2.45) is 13.0 Å². The number of amides is 2. The van der Waals surface area contributed by atoms with E-state index in [9.17, 15) is 19.5 Å². The van der Waals surface area contributed by atoms with Crippen LogP contribution in [0.3, 0.4) is 0 Å². The van der Waals surface area contributed by atoms with Crippen molar-refractivity contribution in [3.05, 3.63) is 45.1 Å². The second kappa shape index (κ2) is 8.13. The highest BCUT2D eigenvalue weighted by molar-refractivity contribution is 5.99. The van der Waals surface area contributed by atoms with Crippen molar-refractivity contribution >= 4 is 17.5 Å². The summed E-state index contributed by atoms with van der Waals surface area (Å²) in [4.78, 5) is 38.7. The third-order valence-corrected chi connectivity index (χ3v) is 5.40. The van der Waals surface area contributed by atoms with E-state index in [2.05, 4.69) is 20.8 Å². The van der Waals surface area contributed by atoms with E-state index < -0.39 is 23.3 Å². The zero-order valence-electron chi connectivity index (χ0n) is 18.6. The van der Waals surface area contributed by atoms with E-state index in [1.54, 1.807) is 11.7 Å². The number of aromatic amines is 1. The number of hydrogen-bond donors (Lipinski definition) is 4. The monoisotopic (exact) mass is 442 g/mol. The molecule has 3 aromatic rings. The Morgan fingerprint density at radius 2 is 2.06 bits per heavy atom. The van der Waals surface area contributed by atoms with Gasteiger partial charge in [0.05, 0.1) is 30.7 Å². The summed E-state index contributed by atoms with van der Waals surface area (Å²) in [6, 6.07) is 1.90. The highest BCUT2D eigenvalue weighted by atomic mass is 16.3. The average Bonchev–Trinajstić information content (AvgIpc) is 3.30. The average molecular weight is 443 g/mol. The van der Waals surface area contributed by atoms with Crippen LogP contribution in [0, 0.1) is 12.8 Å². The van der Waals surface area contributed by atoms with Crippen molar-refractivity contribution in [3.8, 4) is 5.88 Å². The van der Waals surface area contributed by atoms with Crippen molar-refractivity contribution in [2.45, 2.75) is 52.7 Å². The lowest BCUT2D eigenvalue weighted by atomic mass is 10.2. The van der Waals surface area contributed by atoms with Crippen LogP contribution < -0.4 is 20.8 Å². The molecule has 1 aliphatic carbocycles. The van der Waals surface area contributed by atoms with Gasteiger partial charge in [0.1, 0.15) is 0 Å². The fourth-order valence-electron chi connectivity index (χ4n) is 3.72. The first-order valence-corrected chi connectivity index (χ1v) is 10.6. The predicted octanol–water partition coefficient (Wildman–Crippen LogP) is 0.141. The maximum absolute atomic E-state index is 13.0. The fourth-order valence-corrected chi connectivity index (χ4v) is 3.72. The van der Waals surface area contributed by atoms with Crippen LogP contribution in [-0.2, 0) is 20.1 Å². The molecule has 1 aliphatic rings. The first-order chi connectivity index (χ1) is 15.2. The smallest absolute Gasteiger partial charge is 0.378 e. The number of aryl methyl sites for hydroxylation is 2. The van der Waals surface area contributed by atoms with Crippen LogP contribution in [0.4, 0.5) is 0 Å². The molecular weight excluding hydrogens is 414 g/mol. The molecule has 0 atom stereocenters. The molecule has 0 bridgehead atoms. The van der Waals surface area contributed by atoms with Gasteiger partial charge in [-0.05, 0) is 31.7 Å². The van der Waals surface area contributed by atoms with Gasteiger partial charge in [-0.1, -0.05) is 18.4 Å². The zero-order valence-corrected chi connectivity index (χ0v) is 18.6. The summed E-state index contributed by atoms with van der Waals surface area (Å²) in [5.41, 5.74) is 0.997. The van der Waals surface area contributed by atoms with E-state index in [0.29, 0.717) is 6.54 Å².